The summed E-state index contributed by atoms with van der Waals surface area (Å²) in [5, 5.41) is 10.3. The van der Waals surface area contributed by atoms with Gasteiger partial charge in [-0.25, -0.2) is 8.42 Å². The lowest BCUT2D eigenvalue weighted by Crippen LogP contribution is -2.61. The molecule has 0 aromatic heterocycles. The van der Waals surface area contributed by atoms with Gasteiger partial charge < -0.3 is 14.7 Å². The van der Waals surface area contributed by atoms with Crippen LogP contribution in [0.3, 0.4) is 0 Å². The Morgan fingerprint density at radius 3 is 2.20 bits per heavy atom. The molecule has 0 saturated carbocycles. The number of sulfonamides is 1. The highest BCUT2D eigenvalue weighted by molar-refractivity contribution is 7.89. The molecule has 0 unspecified atom stereocenters. The molecule has 1 fully saturated rings. The van der Waals surface area contributed by atoms with Crippen molar-refractivity contribution in [1.29, 1.82) is 0 Å². The molecule has 182 valence electrons. The first-order chi connectivity index (χ1) is 16.7. The van der Waals surface area contributed by atoms with Crippen molar-refractivity contribution >= 4 is 21.9 Å². The zero-order chi connectivity index (χ0) is 25.2. The second kappa shape index (κ2) is 9.89. The number of carboxylic acids is 1. The highest BCUT2D eigenvalue weighted by Crippen LogP contribution is 2.36. The fraction of sp³-hybridized carbons (Fsp3) is 0.231. The number of rotatable bonds is 7. The summed E-state index contributed by atoms with van der Waals surface area (Å²) < 4.78 is 33.0. The van der Waals surface area contributed by atoms with Crippen LogP contribution in [0.1, 0.15) is 22.7 Å². The number of benzene rings is 3. The lowest BCUT2D eigenvalue weighted by molar-refractivity contribution is -0.153. The van der Waals surface area contributed by atoms with Crippen molar-refractivity contribution in [3.05, 3.63) is 95.6 Å². The molecule has 1 N–H and O–H groups in total. The molecule has 35 heavy (non-hydrogen) atoms. The van der Waals surface area contributed by atoms with Crippen LogP contribution < -0.4 is 4.74 Å². The van der Waals surface area contributed by atoms with Crippen molar-refractivity contribution in [2.45, 2.75) is 30.4 Å². The minimum atomic E-state index is -4.26. The topological polar surface area (TPSA) is 104 Å². The van der Waals surface area contributed by atoms with Crippen LogP contribution in [0.15, 0.2) is 83.8 Å². The number of carbonyl (C=O) groups is 2. The summed E-state index contributed by atoms with van der Waals surface area (Å²) in [6, 6.07) is 19.2. The van der Waals surface area contributed by atoms with E-state index in [1.165, 1.54) is 17.0 Å². The van der Waals surface area contributed by atoms with Crippen LogP contribution in [-0.2, 0) is 26.2 Å². The van der Waals surface area contributed by atoms with Crippen LogP contribution in [0, 0.1) is 6.92 Å². The standard InChI is InChI=1S/C26H26N2O6S/c1-18-8-12-20(13-9-18)24-25(26(30)31)28(35(32,33)22-6-4-3-5-7-22)17-23(29)27(24)16-19-10-14-21(34-2)15-11-19/h3-15,24-25H,16-17H2,1-2H3,(H,30,31)/t24-,25+/m1/s1. The average Bonchev–Trinajstić information content (AvgIpc) is 2.86. The van der Waals surface area contributed by atoms with Crippen LogP contribution in [0.2, 0.25) is 0 Å². The number of hydrogen-bond acceptors (Lipinski definition) is 5. The molecule has 0 bridgehead atoms. The fourth-order valence-electron chi connectivity index (χ4n) is 4.27. The molecule has 0 radical (unpaired) electrons. The van der Waals surface area contributed by atoms with Crippen molar-refractivity contribution in [1.82, 2.24) is 9.21 Å². The first-order valence-corrected chi connectivity index (χ1v) is 12.4. The van der Waals surface area contributed by atoms with Crippen LogP contribution in [0.4, 0.5) is 0 Å². The minimum Gasteiger partial charge on any atom is -0.497 e. The van der Waals surface area contributed by atoms with E-state index in [0.717, 1.165) is 15.4 Å². The number of amides is 1. The van der Waals surface area contributed by atoms with Gasteiger partial charge in [0, 0.05) is 6.54 Å². The molecule has 4 rings (SSSR count). The number of piperazine rings is 1. The summed E-state index contributed by atoms with van der Waals surface area (Å²) in [5.41, 5.74) is 2.26. The van der Waals surface area contributed by atoms with E-state index in [0.29, 0.717) is 11.3 Å². The summed E-state index contributed by atoms with van der Waals surface area (Å²) in [7, 11) is -2.70. The van der Waals surface area contributed by atoms with E-state index in [9.17, 15) is 23.1 Å². The Labute approximate surface area is 204 Å². The Kier molecular flexibility index (Phi) is 6.90. The molecule has 3 aromatic rings. The summed E-state index contributed by atoms with van der Waals surface area (Å²) in [4.78, 5) is 27.4. The van der Waals surface area contributed by atoms with Crippen LogP contribution in [0.5, 0.6) is 5.75 Å². The zero-order valence-corrected chi connectivity index (χ0v) is 20.2. The first-order valence-electron chi connectivity index (χ1n) is 11.0. The highest BCUT2D eigenvalue weighted by atomic mass is 32.2. The predicted molar refractivity (Wildman–Crippen MR) is 129 cm³/mol. The van der Waals surface area contributed by atoms with Gasteiger partial charge in [-0.05, 0) is 42.3 Å². The van der Waals surface area contributed by atoms with Crippen LogP contribution >= 0.6 is 0 Å². The number of aryl methyl sites for hydroxylation is 1. The summed E-state index contributed by atoms with van der Waals surface area (Å²) in [6.07, 6.45) is 0. The lowest BCUT2D eigenvalue weighted by Gasteiger charge is -2.44. The number of methoxy groups -OCH3 is 1. The van der Waals surface area contributed by atoms with Gasteiger partial charge in [0.25, 0.3) is 0 Å². The predicted octanol–water partition coefficient (Wildman–Crippen LogP) is 3.23. The van der Waals surface area contributed by atoms with Crippen molar-refractivity contribution in [3.63, 3.8) is 0 Å². The SMILES string of the molecule is COc1ccc(CN2C(=O)CN(S(=O)(=O)c3ccccc3)[C@H](C(=O)O)[C@H]2c2ccc(C)cc2)cc1. The van der Waals surface area contributed by atoms with Crippen molar-refractivity contribution in [2.75, 3.05) is 13.7 Å². The smallest absolute Gasteiger partial charge is 0.324 e. The van der Waals surface area contributed by atoms with Gasteiger partial charge in [0.1, 0.15) is 11.8 Å². The van der Waals surface area contributed by atoms with Crippen LogP contribution in [0.25, 0.3) is 0 Å². The van der Waals surface area contributed by atoms with Gasteiger partial charge in [-0.1, -0.05) is 60.2 Å². The van der Waals surface area contributed by atoms with E-state index in [2.05, 4.69) is 0 Å². The fourth-order valence-corrected chi connectivity index (χ4v) is 5.82. The van der Waals surface area contributed by atoms with E-state index in [1.54, 1.807) is 61.7 Å². The molecule has 1 amide bonds. The molecule has 3 aromatic carbocycles. The van der Waals surface area contributed by atoms with Crippen molar-refractivity contribution in [2.24, 2.45) is 0 Å². The maximum absolute atomic E-state index is 13.5. The summed E-state index contributed by atoms with van der Waals surface area (Å²) >= 11 is 0. The van der Waals surface area contributed by atoms with Gasteiger partial charge in [0.05, 0.1) is 24.6 Å². The normalized spacial score (nSPS) is 18.9. The Balaban J connectivity index is 1.81. The quantitative estimate of drug-likeness (QED) is 0.541. The van der Waals surface area contributed by atoms with Crippen molar-refractivity contribution in [3.8, 4) is 5.75 Å². The Morgan fingerprint density at radius 1 is 1.00 bits per heavy atom. The Morgan fingerprint density at radius 2 is 1.63 bits per heavy atom. The van der Waals surface area contributed by atoms with Gasteiger partial charge in [-0.2, -0.15) is 4.31 Å². The maximum atomic E-state index is 13.5. The molecule has 1 aliphatic rings. The molecule has 1 saturated heterocycles. The number of carbonyl (C=O) groups excluding carboxylic acids is 1. The van der Waals surface area contributed by atoms with Crippen molar-refractivity contribution < 1.29 is 27.9 Å². The zero-order valence-electron chi connectivity index (χ0n) is 19.4. The van der Waals surface area contributed by atoms with Gasteiger partial charge in [0.2, 0.25) is 15.9 Å². The first kappa shape index (κ1) is 24.4. The summed E-state index contributed by atoms with van der Waals surface area (Å²) in [5.74, 6) is -1.16. The van der Waals surface area contributed by atoms with Crippen LogP contribution in [-0.4, -0.2) is 54.3 Å². The number of hydrogen-bond donors (Lipinski definition) is 1. The van der Waals surface area contributed by atoms with E-state index in [-0.39, 0.29) is 11.4 Å². The lowest BCUT2D eigenvalue weighted by atomic mass is 9.93. The number of ether oxygens (including phenoxy) is 1. The third-order valence-corrected chi connectivity index (χ3v) is 7.93. The molecule has 2 atom stereocenters. The van der Waals surface area contributed by atoms with Gasteiger partial charge in [0.15, 0.2) is 0 Å². The van der Waals surface area contributed by atoms with E-state index >= 15 is 0 Å². The maximum Gasteiger partial charge on any atom is 0.324 e. The molecule has 8 nitrogen and oxygen atoms in total. The average molecular weight is 495 g/mol. The molecular formula is C26H26N2O6S. The Bertz CT molecular complexity index is 1310. The number of carboxylic acid groups (broad SMARTS) is 1. The largest absolute Gasteiger partial charge is 0.497 e. The second-order valence-electron chi connectivity index (χ2n) is 8.37. The molecule has 1 aliphatic heterocycles. The molecule has 9 heteroatoms. The van der Waals surface area contributed by atoms with Gasteiger partial charge >= 0.3 is 5.97 Å². The third-order valence-electron chi connectivity index (χ3n) is 6.09. The third kappa shape index (κ3) is 4.91. The minimum absolute atomic E-state index is 0.0645. The molecular weight excluding hydrogens is 468 g/mol. The molecule has 0 spiro atoms. The van der Waals surface area contributed by atoms with Gasteiger partial charge in [-0.3, -0.25) is 9.59 Å². The Hall–Kier alpha value is -3.69. The van der Waals surface area contributed by atoms with E-state index < -0.39 is 40.5 Å². The number of aliphatic carboxylic acids is 1. The second-order valence-corrected chi connectivity index (χ2v) is 10.3. The van der Waals surface area contributed by atoms with E-state index in [4.69, 9.17) is 4.74 Å². The monoisotopic (exact) mass is 494 g/mol. The van der Waals surface area contributed by atoms with E-state index in [1.807, 2.05) is 19.1 Å². The molecule has 0 aliphatic carbocycles. The summed E-state index contributed by atoms with van der Waals surface area (Å²) in [6.45, 7) is 1.43. The number of nitrogens with zero attached hydrogens (tertiary/aromatic N) is 2. The molecule has 1 heterocycles. The van der Waals surface area contributed by atoms with Gasteiger partial charge in [-0.15, -0.1) is 0 Å². The highest BCUT2D eigenvalue weighted by Gasteiger charge is 2.50.